The Labute approximate surface area is 233 Å². The third-order valence-corrected chi connectivity index (χ3v) is 9.25. The fraction of sp³-hybridized carbons (Fsp3) is 0.333. The van der Waals surface area contributed by atoms with Crippen molar-refractivity contribution in [2.45, 2.75) is 55.3 Å². The molecule has 0 saturated heterocycles. The van der Waals surface area contributed by atoms with Crippen LogP contribution in [0.1, 0.15) is 42.4 Å². The summed E-state index contributed by atoms with van der Waals surface area (Å²) in [5.74, 6) is -0.634. The van der Waals surface area contributed by atoms with Crippen molar-refractivity contribution in [2.75, 3.05) is 19.4 Å². The van der Waals surface area contributed by atoms with Gasteiger partial charge in [0.15, 0.2) is 9.84 Å². The molecule has 2 heterocycles. The summed E-state index contributed by atoms with van der Waals surface area (Å²) in [6, 6.07) is 15.0. The van der Waals surface area contributed by atoms with E-state index in [9.17, 15) is 13.7 Å². The highest BCUT2D eigenvalue weighted by molar-refractivity contribution is 7.90. The normalized spacial score (nSPS) is 17.6. The number of hydrogen-bond acceptors (Lipinski definition) is 8. The van der Waals surface area contributed by atoms with E-state index in [0.29, 0.717) is 34.8 Å². The monoisotopic (exact) mass is 558 g/mol. The highest BCUT2D eigenvalue weighted by Gasteiger charge is 2.24. The van der Waals surface area contributed by atoms with Crippen LogP contribution in [0.4, 0.5) is 10.3 Å². The third-order valence-electron chi connectivity index (χ3n) is 7.53. The summed E-state index contributed by atoms with van der Waals surface area (Å²) in [5.41, 5.74) is 3.31. The Bertz CT molecular complexity index is 1710. The molecule has 1 aliphatic rings. The van der Waals surface area contributed by atoms with Gasteiger partial charge in [0.2, 0.25) is 5.95 Å². The first-order chi connectivity index (χ1) is 19.1. The molecule has 1 aliphatic carbocycles. The van der Waals surface area contributed by atoms with Crippen molar-refractivity contribution in [2.24, 2.45) is 0 Å². The third kappa shape index (κ3) is 5.81. The highest BCUT2D eigenvalue weighted by Crippen LogP contribution is 2.28. The first kappa shape index (κ1) is 27.6. The number of sulfone groups is 1. The van der Waals surface area contributed by atoms with Gasteiger partial charge in [-0.1, -0.05) is 24.3 Å². The number of rotatable bonds is 7. The molecule has 5 rings (SSSR count). The van der Waals surface area contributed by atoms with Gasteiger partial charge in [0.05, 0.1) is 33.6 Å². The van der Waals surface area contributed by atoms with E-state index in [0.717, 1.165) is 36.8 Å². The van der Waals surface area contributed by atoms with Crippen molar-refractivity contribution in [3.05, 3.63) is 77.2 Å². The van der Waals surface area contributed by atoms with Crippen LogP contribution in [-0.2, 0) is 15.6 Å². The maximum absolute atomic E-state index is 15.1. The predicted molar refractivity (Wildman–Crippen MR) is 153 cm³/mol. The molecule has 0 amide bonds. The van der Waals surface area contributed by atoms with Crippen LogP contribution >= 0.6 is 0 Å². The Balaban J connectivity index is 1.35. The first-order valence-electron chi connectivity index (χ1n) is 13.2. The van der Waals surface area contributed by atoms with E-state index < -0.39 is 21.4 Å². The van der Waals surface area contributed by atoms with E-state index in [2.05, 4.69) is 34.3 Å². The van der Waals surface area contributed by atoms with Crippen molar-refractivity contribution in [3.8, 4) is 17.3 Å². The summed E-state index contributed by atoms with van der Waals surface area (Å²) in [6.07, 6.45) is 6.08. The second kappa shape index (κ2) is 11.3. The SMILES string of the molecule is Cc1cc(-c2ccc(CS(=O)(=O)c3ccccc3C#N)c(F)c2)nc2cnc(NC3CCC(N(C)C)CC3)nc12. The Morgan fingerprint density at radius 1 is 1.07 bits per heavy atom. The van der Waals surface area contributed by atoms with Gasteiger partial charge in [0.1, 0.15) is 17.4 Å². The number of pyridine rings is 1. The largest absolute Gasteiger partial charge is 0.351 e. The van der Waals surface area contributed by atoms with Crippen molar-refractivity contribution < 1.29 is 12.8 Å². The van der Waals surface area contributed by atoms with Crippen molar-refractivity contribution in [1.82, 2.24) is 19.9 Å². The molecule has 0 atom stereocenters. The van der Waals surface area contributed by atoms with E-state index in [1.807, 2.05) is 19.1 Å². The number of benzene rings is 2. The fourth-order valence-electron chi connectivity index (χ4n) is 5.26. The average Bonchev–Trinajstić information content (AvgIpc) is 2.94. The average molecular weight is 559 g/mol. The minimum absolute atomic E-state index is 0.0210. The standard InChI is InChI=1S/C30H31FN6O2S/c1-19-14-26(35-27-17-33-30(36-29(19)27)34-23-10-12-24(13-11-23)37(2)3)20-8-9-22(25(31)15-20)18-40(38,39)28-7-5-4-6-21(28)16-32/h4-9,14-15,17,23-24H,10-13,18H2,1-3H3,(H,33,34,36). The summed E-state index contributed by atoms with van der Waals surface area (Å²) in [4.78, 5) is 16.0. The molecular weight excluding hydrogens is 527 g/mol. The summed E-state index contributed by atoms with van der Waals surface area (Å²) < 4.78 is 41.0. The van der Waals surface area contributed by atoms with Gasteiger partial charge in [-0.15, -0.1) is 0 Å². The van der Waals surface area contributed by atoms with Crippen LogP contribution in [0.5, 0.6) is 0 Å². The lowest BCUT2D eigenvalue weighted by Gasteiger charge is -2.32. The number of nitriles is 1. The number of hydrogen-bond donors (Lipinski definition) is 1. The van der Waals surface area contributed by atoms with E-state index in [1.54, 1.807) is 24.4 Å². The number of aryl methyl sites for hydroxylation is 1. The number of anilines is 1. The van der Waals surface area contributed by atoms with Gasteiger partial charge in [0.25, 0.3) is 0 Å². The zero-order valence-corrected chi connectivity index (χ0v) is 23.5. The lowest BCUT2D eigenvalue weighted by Crippen LogP contribution is -2.36. The van der Waals surface area contributed by atoms with Crippen LogP contribution < -0.4 is 5.32 Å². The second-order valence-corrected chi connectivity index (χ2v) is 12.5. The van der Waals surface area contributed by atoms with Gasteiger partial charge in [-0.05, 0) is 76.5 Å². The number of nitrogens with zero attached hydrogens (tertiary/aromatic N) is 5. The van der Waals surface area contributed by atoms with Gasteiger partial charge in [-0.3, -0.25) is 0 Å². The second-order valence-electron chi connectivity index (χ2n) is 10.5. The zero-order valence-electron chi connectivity index (χ0n) is 22.7. The van der Waals surface area contributed by atoms with Gasteiger partial charge in [-0.2, -0.15) is 5.26 Å². The summed E-state index contributed by atoms with van der Waals surface area (Å²) in [6.45, 7) is 1.93. The molecular formula is C30H31FN6O2S. The molecule has 0 spiro atoms. The maximum atomic E-state index is 15.1. The number of aromatic nitrogens is 3. The highest BCUT2D eigenvalue weighted by atomic mass is 32.2. The summed E-state index contributed by atoms with van der Waals surface area (Å²) >= 11 is 0. The lowest BCUT2D eigenvalue weighted by atomic mass is 9.91. The Kier molecular flexibility index (Phi) is 7.79. The Morgan fingerprint density at radius 2 is 1.82 bits per heavy atom. The fourth-order valence-corrected chi connectivity index (χ4v) is 6.79. The smallest absolute Gasteiger partial charge is 0.223 e. The van der Waals surface area contributed by atoms with Crippen LogP contribution in [0.15, 0.2) is 59.6 Å². The number of halogens is 1. The Morgan fingerprint density at radius 3 is 2.52 bits per heavy atom. The van der Waals surface area contributed by atoms with E-state index in [4.69, 9.17) is 4.98 Å². The molecule has 1 saturated carbocycles. The predicted octanol–water partition coefficient (Wildman–Crippen LogP) is 5.27. The minimum Gasteiger partial charge on any atom is -0.351 e. The minimum atomic E-state index is -3.92. The molecule has 10 heteroatoms. The maximum Gasteiger partial charge on any atom is 0.223 e. The van der Waals surface area contributed by atoms with Crippen LogP contribution in [0.2, 0.25) is 0 Å². The zero-order chi connectivity index (χ0) is 28.4. The van der Waals surface area contributed by atoms with Crippen molar-refractivity contribution in [3.63, 3.8) is 0 Å². The molecule has 2 aromatic carbocycles. The van der Waals surface area contributed by atoms with E-state index >= 15 is 4.39 Å². The van der Waals surface area contributed by atoms with E-state index in [1.165, 1.54) is 24.3 Å². The quantitative estimate of drug-likeness (QED) is 0.327. The Hall–Kier alpha value is -3.94. The molecule has 1 fully saturated rings. The van der Waals surface area contributed by atoms with Gasteiger partial charge >= 0.3 is 0 Å². The molecule has 1 N–H and O–H groups in total. The molecule has 0 bridgehead atoms. The van der Waals surface area contributed by atoms with Crippen LogP contribution in [0, 0.1) is 24.1 Å². The van der Waals surface area contributed by atoms with Crippen molar-refractivity contribution >= 4 is 26.8 Å². The van der Waals surface area contributed by atoms with Gasteiger partial charge < -0.3 is 10.2 Å². The molecule has 8 nitrogen and oxygen atoms in total. The summed E-state index contributed by atoms with van der Waals surface area (Å²) in [7, 11) is 0.334. The topological polar surface area (TPSA) is 112 Å². The first-order valence-corrected chi connectivity index (χ1v) is 14.9. The van der Waals surface area contributed by atoms with Crippen LogP contribution in [0.25, 0.3) is 22.3 Å². The van der Waals surface area contributed by atoms with Gasteiger partial charge in [-0.25, -0.2) is 27.8 Å². The molecule has 206 valence electrons. The molecule has 2 aromatic heterocycles. The van der Waals surface area contributed by atoms with Crippen LogP contribution in [-0.4, -0.2) is 54.4 Å². The number of fused-ring (bicyclic) bond motifs is 1. The summed E-state index contributed by atoms with van der Waals surface area (Å²) in [5, 5.41) is 12.7. The van der Waals surface area contributed by atoms with E-state index in [-0.39, 0.29) is 16.0 Å². The molecule has 0 unspecified atom stereocenters. The van der Waals surface area contributed by atoms with Crippen molar-refractivity contribution in [1.29, 1.82) is 5.26 Å². The number of nitrogens with one attached hydrogen (secondary N) is 1. The molecule has 0 aliphatic heterocycles. The lowest BCUT2D eigenvalue weighted by molar-refractivity contribution is 0.221. The molecule has 0 radical (unpaired) electrons. The van der Waals surface area contributed by atoms with Crippen LogP contribution in [0.3, 0.4) is 0 Å². The molecule has 40 heavy (non-hydrogen) atoms. The van der Waals surface area contributed by atoms with Gasteiger partial charge in [0, 0.05) is 23.2 Å². The molecule has 4 aromatic rings.